The maximum Gasteiger partial charge on any atom is 0.239 e. The molecule has 0 saturated heterocycles. The Morgan fingerprint density at radius 3 is 2.94 bits per heavy atom. The highest BCUT2D eigenvalue weighted by Crippen LogP contribution is 2.35. The Hall–Kier alpha value is -1.75. The van der Waals surface area contributed by atoms with E-state index >= 15 is 0 Å². The van der Waals surface area contributed by atoms with E-state index in [1.54, 1.807) is 13.8 Å². The second kappa shape index (κ2) is 4.25. The van der Waals surface area contributed by atoms with Crippen molar-refractivity contribution in [3.63, 3.8) is 0 Å². The standard InChI is InChI=1S/C12H16N2O3/c1-12(2,13)11(15)14-6-8-4-3-5-9-10(8)17-7-16-9/h3-5H,6-7,13H2,1-2H3,(H,14,15). The van der Waals surface area contributed by atoms with Gasteiger partial charge in [0, 0.05) is 12.1 Å². The molecule has 0 saturated carbocycles. The van der Waals surface area contributed by atoms with E-state index in [1.165, 1.54) is 0 Å². The minimum atomic E-state index is -0.880. The van der Waals surface area contributed by atoms with Crippen LogP contribution in [0, 0.1) is 0 Å². The van der Waals surface area contributed by atoms with E-state index in [2.05, 4.69) is 5.32 Å². The van der Waals surface area contributed by atoms with Gasteiger partial charge < -0.3 is 20.5 Å². The van der Waals surface area contributed by atoms with Crippen LogP contribution in [0.5, 0.6) is 11.5 Å². The van der Waals surface area contributed by atoms with Gasteiger partial charge in [0.25, 0.3) is 0 Å². The highest BCUT2D eigenvalue weighted by molar-refractivity contribution is 5.85. The Kier molecular flexibility index (Phi) is 2.93. The first-order valence-electron chi connectivity index (χ1n) is 5.43. The third kappa shape index (κ3) is 2.50. The Morgan fingerprint density at radius 1 is 1.47 bits per heavy atom. The lowest BCUT2D eigenvalue weighted by molar-refractivity contribution is -0.125. The number of benzene rings is 1. The predicted molar refractivity (Wildman–Crippen MR) is 62.7 cm³/mol. The highest BCUT2D eigenvalue weighted by atomic mass is 16.7. The van der Waals surface area contributed by atoms with Crippen molar-refractivity contribution < 1.29 is 14.3 Å². The molecule has 17 heavy (non-hydrogen) atoms. The normalized spacial score (nSPS) is 13.6. The molecular formula is C12H16N2O3. The molecule has 1 aliphatic rings. The van der Waals surface area contributed by atoms with Gasteiger partial charge in [-0.2, -0.15) is 0 Å². The summed E-state index contributed by atoms with van der Waals surface area (Å²) in [5, 5.41) is 2.77. The number of amides is 1. The molecule has 1 aromatic rings. The Balaban J connectivity index is 2.06. The molecule has 3 N–H and O–H groups in total. The van der Waals surface area contributed by atoms with E-state index in [4.69, 9.17) is 15.2 Å². The molecule has 92 valence electrons. The lowest BCUT2D eigenvalue weighted by Gasteiger charge is -2.18. The van der Waals surface area contributed by atoms with Crippen LogP contribution in [0.1, 0.15) is 19.4 Å². The fourth-order valence-electron chi connectivity index (χ4n) is 1.53. The van der Waals surface area contributed by atoms with Crippen LogP contribution in [0.15, 0.2) is 18.2 Å². The van der Waals surface area contributed by atoms with Gasteiger partial charge in [0.1, 0.15) is 0 Å². The zero-order chi connectivity index (χ0) is 12.5. The van der Waals surface area contributed by atoms with Crippen molar-refractivity contribution in [2.45, 2.75) is 25.9 Å². The Bertz CT molecular complexity index is 438. The van der Waals surface area contributed by atoms with Crippen LogP contribution in [0.25, 0.3) is 0 Å². The van der Waals surface area contributed by atoms with E-state index in [1.807, 2.05) is 18.2 Å². The predicted octanol–water partition coefficient (Wildman–Crippen LogP) is 0.769. The van der Waals surface area contributed by atoms with Crippen molar-refractivity contribution in [3.05, 3.63) is 23.8 Å². The van der Waals surface area contributed by atoms with Crippen molar-refractivity contribution in [2.24, 2.45) is 5.73 Å². The molecule has 5 nitrogen and oxygen atoms in total. The van der Waals surface area contributed by atoms with Gasteiger partial charge >= 0.3 is 0 Å². The van der Waals surface area contributed by atoms with Gasteiger partial charge in [0.2, 0.25) is 12.7 Å². The molecule has 0 atom stereocenters. The second-order valence-corrected chi connectivity index (χ2v) is 4.56. The minimum Gasteiger partial charge on any atom is -0.454 e. The van der Waals surface area contributed by atoms with E-state index < -0.39 is 5.54 Å². The molecule has 0 aromatic heterocycles. The molecule has 0 spiro atoms. The molecule has 0 unspecified atom stereocenters. The summed E-state index contributed by atoms with van der Waals surface area (Å²) < 4.78 is 10.6. The number of hydrogen-bond acceptors (Lipinski definition) is 4. The van der Waals surface area contributed by atoms with Crippen molar-refractivity contribution >= 4 is 5.91 Å². The number of para-hydroxylation sites is 1. The summed E-state index contributed by atoms with van der Waals surface area (Å²) >= 11 is 0. The largest absolute Gasteiger partial charge is 0.454 e. The Morgan fingerprint density at radius 2 is 2.24 bits per heavy atom. The van der Waals surface area contributed by atoms with Gasteiger partial charge in [-0.05, 0) is 19.9 Å². The minimum absolute atomic E-state index is 0.200. The summed E-state index contributed by atoms with van der Waals surface area (Å²) in [4.78, 5) is 11.6. The Labute approximate surface area is 99.9 Å². The van der Waals surface area contributed by atoms with Crippen LogP contribution in [-0.4, -0.2) is 18.2 Å². The van der Waals surface area contributed by atoms with Crippen LogP contribution in [-0.2, 0) is 11.3 Å². The average molecular weight is 236 g/mol. The lowest BCUT2D eigenvalue weighted by Crippen LogP contribution is -2.48. The summed E-state index contributed by atoms with van der Waals surface area (Å²) in [6, 6.07) is 5.58. The number of hydrogen-bond donors (Lipinski definition) is 2. The number of nitrogens with two attached hydrogens (primary N) is 1. The monoisotopic (exact) mass is 236 g/mol. The van der Waals surface area contributed by atoms with E-state index in [0.717, 1.165) is 5.56 Å². The van der Waals surface area contributed by atoms with Crippen molar-refractivity contribution in [2.75, 3.05) is 6.79 Å². The van der Waals surface area contributed by atoms with Crippen molar-refractivity contribution in [1.82, 2.24) is 5.32 Å². The quantitative estimate of drug-likeness (QED) is 0.813. The maximum atomic E-state index is 11.6. The van der Waals surface area contributed by atoms with Gasteiger partial charge in [0.05, 0.1) is 5.54 Å². The molecular weight excluding hydrogens is 220 g/mol. The summed E-state index contributed by atoms with van der Waals surface area (Å²) in [6.45, 7) is 3.93. The van der Waals surface area contributed by atoms with Crippen molar-refractivity contribution in [3.8, 4) is 11.5 Å². The summed E-state index contributed by atoms with van der Waals surface area (Å²) in [6.07, 6.45) is 0. The zero-order valence-corrected chi connectivity index (χ0v) is 9.95. The smallest absolute Gasteiger partial charge is 0.239 e. The molecule has 1 amide bonds. The molecule has 1 heterocycles. The molecule has 5 heteroatoms. The van der Waals surface area contributed by atoms with Crippen molar-refractivity contribution in [1.29, 1.82) is 0 Å². The summed E-state index contributed by atoms with van der Waals surface area (Å²) in [5.41, 5.74) is 5.69. The van der Waals surface area contributed by atoms with Crippen LogP contribution < -0.4 is 20.5 Å². The third-order valence-corrected chi connectivity index (χ3v) is 2.50. The lowest BCUT2D eigenvalue weighted by atomic mass is 10.1. The van der Waals surface area contributed by atoms with Gasteiger partial charge in [-0.1, -0.05) is 12.1 Å². The van der Waals surface area contributed by atoms with Crippen LogP contribution in [0.2, 0.25) is 0 Å². The first-order chi connectivity index (χ1) is 7.98. The van der Waals surface area contributed by atoms with Crippen LogP contribution in [0.4, 0.5) is 0 Å². The van der Waals surface area contributed by atoms with E-state index in [0.29, 0.717) is 18.0 Å². The molecule has 0 bridgehead atoms. The van der Waals surface area contributed by atoms with Gasteiger partial charge in [-0.25, -0.2) is 0 Å². The zero-order valence-electron chi connectivity index (χ0n) is 9.95. The summed E-state index contributed by atoms with van der Waals surface area (Å²) in [7, 11) is 0. The number of ether oxygens (including phenoxy) is 2. The highest BCUT2D eigenvalue weighted by Gasteiger charge is 2.23. The maximum absolute atomic E-state index is 11.6. The third-order valence-electron chi connectivity index (χ3n) is 2.50. The topological polar surface area (TPSA) is 73.6 Å². The molecule has 1 aromatic carbocycles. The molecule has 2 rings (SSSR count). The SMILES string of the molecule is CC(C)(N)C(=O)NCc1cccc2c1OCO2. The molecule has 0 aliphatic carbocycles. The number of carbonyl (C=O) groups is 1. The van der Waals surface area contributed by atoms with E-state index in [9.17, 15) is 4.79 Å². The first-order valence-corrected chi connectivity index (χ1v) is 5.43. The number of rotatable bonds is 3. The average Bonchev–Trinajstić information content (AvgIpc) is 2.72. The first kappa shape index (κ1) is 11.7. The number of carbonyl (C=O) groups excluding carboxylic acids is 1. The van der Waals surface area contributed by atoms with Crippen LogP contribution in [0.3, 0.4) is 0 Å². The number of nitrogens with one attached hydrogen (secondary N) is 1. The molecule has 0 fully saturated rings. The second-order valence-electron chi connectivity index (χ2n) is 4.56. The number of fused-ring (bicyclic) bond motifs is 1. The molecule has 1 aliphatic heterocycles. The van der Waals surface area contributed by atoms with E-state index in [-0.39, 0.29) is 12.7 Å². The van der Waals surface area contributed by atoms with Gasteiger partial charge in [-0.15, -0.1) is 0 Å². The molecule has 0 radical (unpaired) electrons. The fraction of sp³-hybridized carbons (Fsp3) is 0.417. The van der Waals surface area contributed by atoms with Gasteiger partial charge in [0.15, 0.2) is 11.5 Å². The van der Waals surface area contributed by atoms with Crippen LogP contribution >= 0.6 is 0 Å². The van der Waals surface area contributed by atoms with Gasteiger partial charge in [-0.3, -0.25) is 4.79 Å². The summed E-state index contributed by atoms with van der Waals surface area (Å²) in [5.74, 6) is 1.21. The fourth-order valence-corrected chi connectivity index (χ4v) is 1.53.